The first-order chi connectivity index (χ1) is 15.3. The molecule has 168 valence electrons. The molecule has 32 heavy (non-hydrogen) atoms. The smallest absolute Gasteiger partial charge is 0.351 e. The van der Waals surface area contributed by atoms with Crippen LogP contribution in [0.15, 0.2) is 60.9 Å². The first kappa shape index (κ1) is 22.8. The second kappa shape index (κ2) is 9.65. The van der Waals surface area contributed by atoms with Crippen LogP contribution in [0.4, 0.5) is 19.1 Å². The van der Waals surface area contributed by atoms with Gasteiger partial charge < -0.3 is 10.6 Å². The van der Waals surface area contributed by atoms with Crippen LogP contribution in [-0.4, -0.2) is 29.1 Å². The summed E-state index contributed by atoms with van der Waals surface area (Å²) in [6, 6.07) is 15.4. The monoisotopic (exact) mass is 480 g/mol. The second-order valence-corrected chi connectivity index (χ2v) is 8.65. The van der Waals surface area contributed by atoms with Crippen molar-refractivity contribution >= 4 is 29.2 Å². The van der Waals surface area contributed by atoms with Gasteiger partial charge in [-0.2, -0.15) is 13.2 Å². The third kappa shape index (κ3) is 5.34. The zero-order valence-electron chi connectivity index (χ0n) is 16.9. The minimum Gasteiger partial charge on any atom is -0.351 e. The summed E-state index contributed by atoms with van der Waals surface area (Å²) in [5.41, 5.74) is 1.29. The third-order valence-corrected chi connectivity index (χ3v) is 6.48. The van der Waals surface area contributed by atoms with E-state index >= 15 is 0 Å². The number of alkyl halides is 3. The number of anilines is 1. The molecule has 1 aliphatic heterocycles. The van der Waals surface area contributed by atoms with Gasteiger partial charge in [-0.1, -0.05) is 59.6 Å². The largest absolute Gasteiger partial charge is 0.419 e. The fourth-order valence-corrected chi connectivity index (χ4v) is 4.43. The Labute approximate surface area is 194 Å². The number of benzene rings is 2. The average molecular weight is 481 g/mol. The number of hydrogen-bond donors (Lipinski definition) is 2. The zero-order valence-corrected chi connectivity index (χ0v) is 18.4. The van der Waals surface area contributed by atoms with Crippen LogP contribution in [0.5, 0.6) is 0 Å². The van der Waals surface area contributed by atoms with Gasteiger partial charge in [-0.05, 0) is 35.6 Å². The van der Waals surface area contributed by atoms with Gasteiger partial charge in [0.25, 0.3) is 0 Å². The van der Waals surface area contributed by atoms with E-state index in [1.807, 2.05) is 42.5 Å². The van der Waals surface area contributed by atoms with Gasteiger partial charge in [-0.25, -0.2) is 9.97 Å². The summed E-state index contributed by atoms with van der Waals surface area (Å²) >= 11 is 12.3. The van der Waals surface area contributed by atoms with Crippen LogP contribution >= 0.6 is 23.2 Å². The highest BCUT2D eigenvalue weighted by Gasteiger charge is 2.36. The fourth-order valence-electron chi connectivity index (χ4n) is 4.12. The lowest BCUT2D eigenvalue weighted by Crippen LogP contribution is -2.36. The van der Waals surface area contributed by atoms with Crippen molar-refractivity contribution < 1.29 is 13.2 Å². The maximum atomic E-state index is 12.9. The predicted molar refractivity (Wildman–Crippen MR) is 120 cm³/mol. The van der Waals surface area contributed by atoms with E-state index < -0.39 is 11.7 Å². The van der Waals surface area contributed by atoms with E-state index in [2.05, 4.69) is 20.6 Å². The van der Waals surface area contributed by atoms with Crippen molar-refractivity contribution in [1.29, 1.82) is 0 Å². The quantitative estimate of drug-likeness (QED) is 0.466. The summed E-state index contributed by atoms with van der Waals surface area (Å²) in [5.74, 6) is 0.428. The van der Waals surface area contributed by atoms with Crippen LogP contribution in [0.3, 0.4) is 0 Å². The Kier molecular flexibility index (Phi) is 6.88. The minimum atomic E-state index is -4.48. The van der Waals surface area contributed by atoms with Crippen molar-refractivity contribution in [1.82, 2.24) is 15.3 Å². The number of halogens is 5. The highest BCUT2D eigenvalue weighted by Crippen LogP contribution is 2.36. The van der Waals surface area contributed by atoms with E-state index in [1.165, 1.54) is 0 Å². The molecular formula is C23H21Cl2F3N4. The number of nitrogens with one attached hydrogen (secondary N) is 2. The van der Waals surface area contributed by atoms with Crippen LogP contribution in [0.1, 0.15) is 22.6 Å². The molecule has 1 fully saturated rings. The number of aromatic nitrogens is 2. The van der Waals surface area contributed by atoms with Crippen molar-refractivity contribution in [3.63, 3.8) is 0 Å². The van der Waals surface area contributed by atoms with Crippen molar-refractivity contribution in [3.8, 4) is 0 Å². The Bertz CT molecular complexity index is 1050. The predicted octanol–water partition coefficient (Wildman–Crippen LogP) is 5.83. The van der Waals surface area contributed by atoms with Gasteiger partial charge in [-0.3, -0.25) is 0 Å². The lowest BCUT2D eigenvalue weighted by atomic mass is 9.81. The van der Waals surface area contributed by atoms with Crippen molar-refractivity contribution in [2.75, 3.05) is 18.4 Å². The summed E-state index contributed by atoms with van der Waals surface area (Å²) in [6.07, 6.45) is -2.21. The lowest BCUT2D eigenvalue weighted by Gasteiger charge is -2.29. The normalized spacial score (nSPS) is 19.7. The molecule has 1 aromatic heterocycles. The van der Waals surface area contributed by atoms with Gasteiger partial charge in [-0.15, -0.1) is 0 Å². The summed E-state index contributed by atoms with van der Waals surface area (Å²) in [7, 11) is 0. The van der Waals surface area contributed by atoms with Crippen molar-refractivity contribution in [2.45, 2.75) is 24.6 Å². The van der Waals surface area contributed by atoms with Gasteiger partial charge in [0.15, 0.2) is 0 Å². The van der Waals surface area contributed by atoms with Gasteiger partial charge >= 0.3 is 6.18 Å². The van der Waals surface area contributed by atoms with Crippen molar-refractivity contribution in [3.05, 3.63) is 87.7 Å². The standard InChI is InChI=1S/C23H21Cl2F3N4/c24-19-7-6-15(9-20(19)25)17-12-29-13-18(17)21(8-14-4-2-1-3-5-14)32-22-30-10-16(11-31-22)23(26,27)28/h1-7,9-11,17-18,21,29H,8,12-13H2,(H,30,31,32)/t17-,18-,21?/m1/s1. The molecule has 3 atom stereocenters. The molecule has 0 radical (unpaired) electrons. The van der Waals surface area contributed by atoms with Crippen LogP contribution in [-0.2, 0) is 12.6 Å². The van der Waals surface area contributed by atoms with E-state index in [0.717, 1.165) is 36.6 Å². The molecule has 0 bridgehead atoms. The van der Waals surface area contributed by atoms with Gasteiger partial charge in [0.1, 0.15) is 0 Å². The lowest BCUT2D eigenvalue weighted by molar-refractivity contribution is -0.138. The molecule has 1 saturated heterocycles. The molecule has 1 aliphatic rings. The van der Waals surface area contributed by atoms with Crippen LogP contribution in [0.2, 0.25) is 10.0 Å². The molecule has 3 aromatic rings. The third-order valence-electron chi connectivity index (χ3n) is 5.74. The van der Waals surface area contributed by atoms with E-state index in [9.17, 15) is 13.2 Å². The topological polar surface area (TPSA) is 49.8 Å². The van der Waals surface area contributed by atoms with Crippen LogP contribution in [0.25, 0.3) is 0 Å². The summed E-state index contributed by atoms with van der Waals surface area (Å²) < 4.78 is 38.7. The van der Waals surface area contributed by atoms with Gasteiger partial charge in [0, 0.05) is 37.4 Å². The molecule has 0 spiro atoms. The second-order valence-electron chi connectivity index (χ2n) is 7.84. The molecule has 0 aliphatic carbocycles. The minimum absolute atomic E-state index is 0.122. The van der Waals surface area contributed by atoms with Crippen LogP contribution < -0.4 is 10.6 Å². The molecule has 0 amide bonds. The Hall–Kier alpha value is -2.35. The molecule has 2 N–H and O–H groups in total. The van der Waals surface area contributed by atoms with Crippen molar-refractivity contribution in [2.24, 2.45) is 5.92 Å². The molecule has 4 nitrogen and oxygen atoms in total. The molecule has 1 unspecified atom stereocenters. The number of hydrogen-bond acceptors (Lipinski definition) is 4. The SMILES string of the molecule is FC(F)(F)c1cnc(NC(Cc2ccccc2)[C@@H]2CNC[C@@H]2c2ccc(Cl)c(Cl)c2)nc1. The van der Waals surface area contributed by atoms with Crippen LogP contribution in [0, 0.1) is 5.92 Å². The molecule has 2 heterocycles. The van der Waals surface area contributed by atoms with E-state index in [0.29, 0.717) is 16.5 Å². The maximum Gasteiger partial charge on any atom is 0.419 e. The molecular weight excluding hydrogens is 460 g/mol. The molecule has 9 heteroatoms. The molecule has 2 aromatic carbocycles. The Morgan fingerprint density at radius 2 is 1.72 bits per heavy atom. The van der Waals surface area contributed by atoms with E-state index in [4.69, 9.17) is 23.2 Å². The maximum absolute atomic E-state index is 12.9. The number of nitrogens with zero attached hydrogens (tertiary/aromatic N) is 2. The highest BCUT2D eigenvalue weighted by molar-refractivity contribution is 6.42. The first-order valence-corrected chi connectivity index (χ1v) is 10.9. The number of rotatable bonds is 6. The summed E-state index contributed by atoms with van der Waals surface area (Å²) in [5, 5.41) is 7.70. The van der Waals surface area contributed by atoms with E-state index in [-0.39, 0.29) is 23.8 Å². The molecule has 0 saturated carbocycles. The summed E-state index contributed by atoms with van der Waals surface area (Å²) in [4.78, 5) is 7.84. The summed E-state index contributed by atoms with van der Waals surface area (Å²) in [6.45, 7) is 1.49. The fraction of sp³-hybridized carbons (Fsp3) is 0.304. The van der Waals surface area contributed by atoms with Gasteiger partial charge in [0.05, 0.1) is 15.6 Å². The Balaban J connectivity index is 1.61. The van der Waals surface area contributed by atoms with E-state index in [1.54, 1.807) is 6.07 Å². The molecule has 4 rings (SSSR count). The first-order valence-electron chi connectivity index (χ1n) is 10.2. The zero-order chi connectivity index (χ0) is 22.7. The Morgan fingerprint density at radius 3 is 2.38 bits per heavy atom. The highest BCUT2D eigenvalue weighted by atomic mass is 35.5. The average Bonchev–Trinajstić information content (AvgIpc) is 3.26. The van der Waals surface area contributed by atoms with Gasteiger partial charge in [0.2, 0.25) is 5.95 Å². The Morgan fingerprint density at radius 1 is 1.00 bits per heavy atom.